The topological polar surface area (TPSA) is 101 Å². The van der Waals surface area contributed by atoms with Crippen LogP contribution in [0.5, 0.6) is 0 Å². The van der Waals surface area contributed by atoms with Crippen LogP contribution >= 0.6 is 0 Å². The number of aromatic nitrogens is 1. The number of carbonyl (C=O) groups is 3. The molecule has 0 aromatic carbocycles. The monoisotopic (exact) mass is 378 g/mol. The SMILES string of the molecule is CCOC(=O)N1CCN(C(=O)c2cc(C(=O)NCCCOC)ccn2)CC1. The Hall–Kier alpha value is -2.68. The second-order valence-corrected chi connectivity index (χ2v) is 6.01. The van der Waals surface area contributed by atoms with Crippen LogP contribution in [0.4, 0.5) is 4.79 Å². The van der Waals surface area contributed by atoms with Crippen molar-refractivity contribution >= 4 is 17.9 Å². The number of hydrogen-bond donors (Lipinski definition) is 1. The minimum Gasteiger partial charge on any atom is -0.450 e. The molecule has 0 unspecified atom stereocenters. The Morgan fingerprint density at radius 3 is 2.56 bits per heavy atom. The van der Waals surface area contributed by atoms with E-state index in [-0.39, 0.29) is 23.6 Å². The van der Waals surface area contributed by atoms with Gasteiger partial charge in [0.1, 0.15) is 5.69 Å². The first-order valence-corrected chi connectivity index (χ1v) is 9.01. The first kappa shape index (κ1) is 20.6. The molecule has 0 radical (unpaired) electrons. The second kappa shape index (κ2) is 10.5. The van der Waals surface area contributed by atoms with E-state index in [1.807, 2.05) is 0 Å². The highest BCUT2D eigenvalue weighted by atomic mass is 16.6. The van der Waals surface area contributed by atoms with Crippen LogP contribution in [0.15, 0.2) is 18.3 Å². The molecule has 1 fully saturated rings. The predicted octanol–water partition coefficient (Wildman–Crippen LogP) is 0.762. The number of ether oxygens (including phenoxy) is 2. The number of amides is 3. The van der Waals surface area contributed by atoms with Crippen molar-refractivity contribution in [1.29, 1.82) is 0 Å². The third-order valence-electron chi connectivity index (χ3n) is 4.14. The molecule has 0 aliphatic carbocycles. The Kier molecular flexibility index (Phi) is 8.00. The number of carbonyl (C=O) groups excluding carboxylic acids is 3. The maximum atomic E-state index is 12.7. The summed E-state index contributed by atoms with van der Waals surface area (Å²) in [6.07, 6.45) is 1.80. The van der Waals surface area contributed by atoms with Crippen molar-refractivity contribution in [3.05, 3.63) is 29.6 Å². The predicted molar refractivity (Wildman–Crippen MR) is 97.6 cm³/mol. The highest BCUT2D eigenvalue weighted by Gasteiger charge is 2.26. The summed E-state index contributed by atoms with van der Waals surface area (Å²) < 4.78 is 9.91. The molecule has 1 aromatic heterocycles. The normalized spacial score (nSPS) is 14.0. The van der Waals surface area contributed by atoms with Crippen LogP contribution in [0.1, 0.15) is 34.2 Å². The first-order chi connectivity index (χ1) is 13.1. The number of hydrogen-bond acceptors (Lipinski definition) is 6. The maximum Gasteiger partial charge on any atom is 0.409 e. The molecular weight excluding hydrogens is 352 g/mol. The van der Waals surface area contributed by atoms with Crippen molar-refractivity contribution in [3.63, 3.8) is 0 Å². The van der Waals surface area contributed by atoms with E-state index in [1.54, 1.807) is 29.9 Å². The zero-order valence-corrected chi connectivity index (χ0v) is 15.8. The summed E-state index contributed by atoms with van der Waals surface area (Å²) in [5.74, 6) is -0.512. The number of nitrogens with one attached hydrogen (secondary N) is 1. The molecular formula is C18H26N4O5. The average molecular weight is 378 g/mol. The van der Waals surface area contributed by atoms with E-state index in [1.165, 1.54) is 12.3 Å². The molecule has 148 valence electrons. The molecule has 9 nitrogen and oxygen atoms in total. The van der Waals surface area contributed by atoms with Crippen LogP contribution in [0.25, 0.3) is 0 Å². The van der Waals surface area contributed by atoms with Gasteiger partial charge in [0, 0.05) is 58.2 Å². The van der Waals surface area contributed by atoms with Gasteiger partial charge in [0.15, 0.2) is 0 Å². The fourth-order valence-corrected chi connectivity index (χ4v) is 2.68. The van der Waals surface area contributed by atoms with E-state index >= 15 is 0 Å². The zero-order valence-electron chi connectivity index (χ0n) is 15.8. The van der Waals surface area contributed by atoms with Crippen molar-refractivity contribution in [3.8, 4) is 0 Å². The van der Waals surface area contributed by atoms with E-state index in [0.717, 1.165) is 0 Å². The standard InChI is InChI=1S/C18H26N4O5/c1-3-27-18(25)22-10-8-21(9-11-22)17(24)15-13-14(5-7-19-15)16(23)20-6-4-12-26-2/h5,7,13H,3-4,6,8-12H2,1-2H3,(H,20,23). The second-order valence-electron chi connectivity index (χ2n) is 6.01. The third kappa shape index (κ3) is 5.92. The molecule has 1 N–H and O–H groups in total. The fraction of sp³-hybridized carbons (Fsp3) is 0.556. The molecule has 0 saturated carbocycles. The van der Waals surface area contributed by atoms with Gasteiger partial charge in [0.25, 0.3) is 11.8 Å². The van der Waals surface area contributed by atoms with Crippen molar-refractivity contribution in [2.45, 2.75) is 13.3 Å². The smallest absolute Gasteiger partial charge is 0.409 e. The molecule has 9 heteroatoms. The molecule has 2 rings (SSSR count). The maximum absolute atomic E-state index is 12.7. The van der Waals surface area contributed by atoms with Crippen molar-refractivity contribution in [2.75, 3.05) is 53.0 Å². The minimum atomic E-state index is -0.366. The highest BCUT2D eigenvalue weighted by molar-refractivity contribution is 5.98. The van der Waals surface area contributed by atoms with Crippen LogP contribution in [0.2, 0.25) is 0 Å². The molecule has 0 spiro atoms. The van der Waals surface area contributed by atoms with Gasteiger partial charge in [0.2, 0.25) is 0 Å². The molecule has 1 aliphatic heterocycles. The molecule has 3 amide bonds. The van der Waals surface area contributed by atoms with E-state index < -0.39 is 0 Å². The summed E-state index contributed by atoms with van der Waals surface area (Å²) >= 11 is 0. The molecule has 27 heavy (non-hydrogen) atoms. The van der Waals surface area contributed by atoms with Crippen molar-refractivity contribution in [2.24, 2.45) is 0 Å². The van der Waals surface area contributed by atoms with Crippen LogP contribution < -0.4 is 5.32 Å². The number of nitrogens with zero attached hydrogens (tertiary/aromatic N) is 3. The first-order valence-electron chi connectivity index (χ1n) is 9.01. The van der Waals surface area contributed by atoms with Gasteiger partial charge in [-0.05, 0) is 25.5 Å². The summed E-state index contributed by atoms with van der Waals surface area (Å²) in [6.45, 7) is 4.74. The summed E-state index contributed by atoms with van der Waals surface area (Å²) in [4.78, 5) is 43.9. The van der Waals surface area contributed by atoms with Gasteiger partial charge >= 0.3 is 6.09 Å². The number of pyridine rings is 1. The van der Waals surface area contributed by atoms with Crippen LogP contribution in [0.3, 0.4) is 0 Å². The molecule has 1 aliphatic rings. The van der Waals surface area contributed by atoms with Gasteiger partial charge in [0.05, 0.1) is 6.61 Å². The Labute approximate surface area is 158 Å². The molecule has 1 saturated heterocycles. The Morgan fingerprint density at radius 1 is 1.19 bits per heavy atom. The van der Waals surface area contributed by atoms with E-state index in [0.29, 0.717) is 57.9 Å². The minimum absolute atomic E-state index is 0.212. The van der Waals surface area contributed by atoms with Crippen LogP contribution in [-0.2, 0) is 9.47 Å². The van der Waals surface area contributed by atoms with Gasteiger partial charge in [-0.2, -0.15) is 0 Å². The molecule has 2 heterocycles. The van der Waals surface area contributed by atoms with E-state index in [4.69, 9.17) is 9.47 Å². The summed E-state index contributed by atoms with van der Waals surface area (Å²) in [6, 6.07) is 3.06. The molecule has 0 atom stereocenters. The third-order valence-corrected chi connectivity index (χ3v) is 4.14. The molecule has 0 bridgehead atoms. The largest absolute Gasteiger partial charge is 0.450 e. The quantitative estimate of drug-likeness (QED) is 0.703. The van der Waals surface area contributed by atoms with Gasteiger partial charge in [-0.3, -0.25) is 14.6 Å². The fourth-order valence-electron chi connectivity index (χ4n) is 2.68. The summed E-state index contributed by atoms with van der Waals surface area (Å²) in [5, 5.41) is 2.78. The van der Waals surface area contributed by atoms with Gasteiger partial charge < -0.3 is 24.6 Å². The number of rotatable bonds is 7. The van der Waals surface area contributed by atoms with E-state index in [2.05, 4.69) is 10.3 Å². The van der Waals surface area contributed by atoms with Gasteiger partial charge in [-0.15, -0.1) is 0 Å². The van der Waals surface area contributed by atoms with Crippen molar-refractivity contribution in [1.82, 2.24) is 20.1 Å². The van der Waals surface area contributed by atoms with Crippen molar-refractivity contribution < 1.29 is 23.9 Å². The summed E-state index contributed by atoms with van der Waals surface area (Å²) in [7, 11) is 1.61. The molecule has 1 aromatic rings. The zero-order chi connectivity index (χ0) is 19.6. The number of piperazine rings is 1. The lowest BCUT2D eigenvalue weighted by atomic mass is 10.2. The highest BCUT2D eigenvalue weighted by Crippen LogP contribution is 2.10. The van der Waals surface area contributed by atoms with Crippen LogP contribution in [0, 0.1) is 0 Å². The van der Waals surface area contributed by atoms with Gasteiger partial charge in [-0.1, -0.05) is 0 Å². The lowest BCUT2D eigenvalue weighted by Crippen LogP contribution is -2.50. The van der Waals surface area contributed by atoms with Crippen LogP contribution in [-0.4, -0.2) is 85.7 Å². The number of methoxy groups -OCH3 is 1. The Morgan fingerprint density at radius 2 is 1.89 bits per heavy atom. The lowest BCUT2D eigenvalue weighted by Gasteiger charge is -2.33. The van der Waals surface area contributed by atoms with Gasteiger partial charge in [-0.25, -0.2) is 4.79 Å². The lowest BCUT2D eigenvalue weighted by molar-refractivity contribution is 0.0566. The van der Waals surface area contributed by atoms with E-state index in [9.17, 15) is 14.4 Å². The Balaban J connectivity index is 1.91. The average Bonchev–Trinajstić information content (AvgIpc) is 2.71. The summed E-state index contributed by atoms with van der Waals surface area (Å²) in [5.41, 5.74) is 0.597. The Bertz CT molecular complexity index is 659.